The van der Waals surface area contributed by atoms with Crippen LogP contribution in [0.3, 0.4) is 0 Å². The molecule has 2 aromatic carbocycles. The number of aryl methyl sites for hydroxylation is 1. The summed E-state index contributed by atoms with van der Waals surface area (Å²) >= 11 is 0. The van der Waals surface area contributed by atoms with Gasteiger partial charge < -0.3 is 0 Å². The molecule has 3 aromatic rings. The normalized spacial score (nSPS) is 12.2. The number of imidazole rings is 1. The maximum Gasteiger partial charge on any atom is 0.261 e. The van der Waals surface area contributed by atoms with Crippen LogP contribution in [0.25, 0.3) is 0 Å². The first kappa shape index (κ1) is 21.4. The minimum Gasteiger partial charge on any atom is -0.234 e. The zero-order valence-corrected chi connectivity index (χ0v) is 18.5. The van der Waals surface area contributed by atoms with Crippen molar-refractivity contribution in [2.24, 2.45) is 0 Å². The molecule has 2 heteroatoms. The molecule has 0 N–H and O–H groups in total. The van der Waals surface area contributed by atoms with E-state index in [0.717, 1.165) is 32.4 Å². The summed E-state index contributed by atoms with van der Waals surface area (Å²) in [6.45, 7) is 9.15. The van der Waals surface area contributed by atoms with E-state index in [0.29, 0.717) is 5.92 Å². The Balaban J connectivity index is 1.92. The van der Waals surface area contributed by atoms with Gasteiger partial charge in [0.05, 0.1) is 19.5 Å². The summed E-state index contributed by atoms with van der Waals surface area (Å²) in [4.78, 5) is 0. The minimum absolute atomic E-state index is 0.523. The molecular weight excluding hydrogens is 352 g/mol. The number of nitrogens with zero attached hydrogens (tertiary/aromatic N) is 2. The molecule has 1 heterocycles. The van der Waals surface area contributed by atoms with Gasteiger partial charge in [0, 0.05) is 6.42 Å². The molecule has 0 spiro atoms. The molecule has 0 saturated heterocycles. The standard InChI is InChI=1S/C27H37N2/c1-4-6-13-19-28-22-26(20-23(3)25-16-11-8-12-17-25)29(18-5-2)27(28)21-24-14-9-7-10-15-24/h7-12,14-17,22-23H,4-6,13,18-21H2,1-3H3/q+1. The molecule has 0 saturated carbocycles. The molecule has 0 aliphatic heterocycles. The highest BCUT2D eigenvalue weighted by Gasteiger charge is 2.24. The van der Waals surface area contributed by atoms with Crippen molar-refractivity contribution >= 4 is 0 Å². The van der Waals surface area contributed by atoms with Crippen LogP contribution >= 0.6 is 0 Å². The van der Waals surface area contributed by atoms with E-state index in [1.807, 2.05) is 0 Å². The first-order valence-electron chi connectivity index (χ1n) is 11.4. The lowest BCUT2D eigenvalue weighted by Gasteiger charge is -2.11. The zero-order valence-electron chi connectivity index (χ0n) is 18.5. The fourth-order valence-corrected chi connectivity index (χ4v) is 4.22. The van der Waals surface area contributed by atoms with Gasteiger partial charge in [-0.3, -0.25) is 0 Å². The van der Waals surface area contributed by atoms with Gasteiger partial charge in [-0.2, -0.15) is 0 Å². The van der Waals surface area contributed by atoms with Gasteiger partial charge in [-0.15, -0.1) is 0 Å². The van der Waals surface area contributed by atoms with E-state index in [-0.39, 0.29) is 0 Å². The van der Waals surface area contributed by atoms with Gasteiger partial charge in [0.2, 0.25) is 0 Å². The summed E-state index contributed by atoms with van der Waals surface area (Å²) in [6.07, 6.45) is 9.53. The number of benzene rings is 2. The molecule has 1 aromatic heterocycles. The maximum absolute atomic E-state index is 2.61. The van der Waals surface area contributed by atoms with Crippen molar-refractivity contribution in [2.75, 3.05) is 0 Å². The lowest BCUT2D eigenvalue weighted by Crippen LogP contribution is -2.37. The lowest BCUT2D eigenvalue weighted by molar-refractivity contribution is -0.704. The quantitative estimate of drug-likeness (QED) is 0.268. The van der Waals surface area contributed by atoms with E-state index >= 15 is 0 Å². The van der Waals surface area contributed by atoms with Crippen molar-refractivity contribution in [3.63, 3.8) is 0 Å². The number of unbranched alkanes of at least 4 members (excludes halogenated alkanes) is 2. The van der Waals surface area contributed by atoms with Gasteiger partial charge in [0.25, 0.3) is 5.82 Å². The summed E-state index contributed by atoms with van der Waals surface area (Å²) in [5.41, 5.74) is 4.30. The van der Waals surface area contributed by atoms with E-state index in [2.05, 4.69) is 96.8 Å². The fourth-order valence-electron chi connectivity index (χ4n) is 4.22. The largest absolute Gasteiger partial charge is 0.261 e. The van der Waals surface area contributed by atoms with Crippen LogP contribution in [0.2, 0.25) is 0 Å². The average molecular weight is 390 g/mol. The third kappa shape index (κ3) is 5.82. The maximum atomic E-state index is 2.61. The Hall–Kier alpha value is -2.35. The average Bonchev–Trinajstić information content (AvgIpc) is 3.06. The molecule has 0 aliphatic rings. The summed E-state index contributed by atoms with van der Waals surface area (Å²) in [7, 11) is 0. The molecule has 2 nitrogen and oxygen atoms in total. The molecule has 1 atom stereocenters. The fraction of sp³-hybridized carbons (Fsp3) is 0.444. The number of rotatable bonds is 11. The monoisotopic (exact) mass is 389 g/mol. The summed E-state index contributed by atoms with van der Waals surface area (Å²) in [5, 5.41) is 0. The zero-order chi connectivity index (χ0) is 20.5. The van der Waals surface area contributed by atoms with Crippen LogP contribution in [0.4, 0.5) is 0 Å². The van der Waals surface area contributed by atoms with Gasteiger partial charge >= 0.3 is 0 Å². The highest BCUT2D eigenvalue weighted by atomic mass is 15.2. The Kier molecular flexibility index (Phi) is 8.10. The van der Waals surface area contributed by atoms with E-state index < -0.39 is 0 Å². The summed E-state index contributed by atoms with van der Waals surface area (Å²) in [6, 6.07) is 21.9. The predicted molar refractivity (Wildman–Crippen MR) is 122 cm³/mol. The first-order valence-corrected chi connectivity index (χ1v) is 11.4. The Morgan fingerprint density at radius 3 is 2.21 bits per heavy atom. The second-order valence-electron chi connectivity index (χ2n) is 8.27. The number of hydrogen-bond donors (Lipinski definition) is 0. The number of hydrogen-bond acceptors (Lipinski definition) is 0. The molecule has 29 heavy (non-hydrogen) atoms. The van der Waals surface area contributed by atoms with Gasteiger partial charge in [-0.05, 0) is 36.3 Å². The van der Waals surface area contributed by atoms with Crippen molar-refractivity contribution in [3.8, 4) is 0 Å². The van der Waals surface area contributed by atoms with Gasteiger partial charge in [0.1, 0.15) is 11.9 Å². The van der Waals surface area contributed by atoms with Gasteiger partial charge in [-0.1, -0.05) is 87.9 Å². The lowest BCUT2D eigenvalue weighted by atomic mass is 9.96. The third-order valence-electron chi connectivity index (χ3n) is 5.83. The van der Waals surface area contributed by atoms with Crippen LogP contribution in [0.5, 0.6) is 0 Å². The van der Waals surface area contributed by atoms with E-state index in [4.69, 9.17) is 0 Å². The van der Waals surface area contributed by atoms with Crippen LogP contribution in [0.1, 0.15) is 75.0 Å². The molecule has 3 rings (SSSR count). The topological polar surface area (TPSA) is 8.81 Å². The Bertz CT molecular complexity index is 849. The molecule has 0 radical (unpaired) electrons. The van der Waals surface area contributed by atoms with Crippen molar-refractivity contribution in [1.82, 2.24) is 4.57 Å². The summed E-state index contributed by atoms with van der Waals surface area (Å²) < 4.78 is 5.16. The highest BCUT2D eigenvalue weighted by Crippen LogP contribution is 2.22. The van der Waals surface area contributed by atoms with Crippen molar-refractivity contribution in [2.45, 2.75) is 78.3 Å². The number of aromatic nitrogens is 2. The SMILES string of the molecule is CCCCC[n+]1cc(CC(C)c2ccccc2)n(CCC)c1Cc1ccccc1. The van der Waals surface area contributed by atoms with E-state index in [1.54, 1.807) is 0 Å². The highest BCUT2D eigenvalue weighted by molar-refractivity contribution is 5.22. The van der Waals surface area contributed by atoms with Crippen LogP contribution in [0, 0.1) is 0 Å². The van der Waals surface area contributed by atoms with E-state index in [9.17, 15) is 0 Å². The Labute approximate surface area is 177 Å². The molecule has 0 amide bonds. The molecule has 154 valence electrons. The minimum atomic E-state index is 0.523. The molecule has 0 fully saturated rings. The summed E-state index contributed by atoms with van der Waals surface area (Å²) in [5.74, 6) is 1.99. The van der Waals surface area contributed by atoms with Crippen LogP contribution in [-0.2, 0) is 25.9 Å². The van der Waals surface area contributed by atoms with Crippen LogP contribution in [0.15, 0.2) is 66.9 Å². The second-order valence-corrected chi connectivity index (χ2v) is 8.27. The third-order valence-corrected chi connectivity index (χ3v) is 5.83. The van der Waals surface area contributed by atoms with Crippen molar-refractivity contribution < 1.29 is 4.57 Å². The molecule has 0 bridgehead atoms. The second kappa shape index (κ2) is 11.0. The van der Waals surface area contributed by atoms with Gasteiger partial charge in [0.15, 0.2) is 0 Å². The predicted octanol–water partition coefficient (Wildman–Crippen LogP) is 6.31. The van der Waals surface area contributed by atoms with Crippen LogP contribution in [-0.4, -0.2) is 4.57 Å². The Morgan fingerprint density at radius 2 is 1.55 bits per heavy atom. The molecule has 0 aliphatic carbocycles. The van der Waals surface area contributed by atoms with Crippen LogP contribution < -0.4 is 4.57 Å². The molecule has 1 unspecified atom stereocenters. The van der Waals surface area contributed by atoms with E-state index in [1.165, 1.54) is 41.9 Å². The van der Waals surface area contributed by atoms with Crippen molar-refractivity contribution in [1.29, 1.82) is 0 Å². The Morgan fingerprint density at radius 1 is 0.862 bits per heavy atom. The molecular formula is C27H37N2+. The smallest absolute Gasteiger partial charge is 0.234 e. The van der Waals surface area contributed by atoms with Gasteiger partial charge in [-0.25, -0.2) is 9.13 Å². The first-order chi connectivity index (χ1) is 14.2. The van der Waals surface area contributed by atoms with Crippen molar-refractivity contribution in [3.05, 3.63) is 89.5 Å².